The first-order valence-corrected chi connectivity index (χ1v) is 5.43. The molecule has 2 atom stereocenters. The lowest BCUT2D eigenvalue weighted by Crippen LogP contribution is -2.47. The van der Waals surface area contributed by atoms with Crippen LogP contribution in [0.4, 0.5) is 0 Å². The summed E-state index contributed by atoms with van der Waals surface area (Å²) in [6.07, 6.45) is 9.70. The molecule has 0 saturated carbocycles. The molecule has 1 saturated heterocycles. The van der Waals surface area contributed by atoms with Gasteiger partial charge in [0, 0.05) is 5.92 Å². The van der Waals surface area contributed by atoms with Crippen LogP contribution in [0.5, 0.6) is 0 Å². The molecule has 17 heavy (non-hydrogen) atoms. The number of hydrogen-bond acceptors (Lipinski definition) is 4. The lowest BCUT2D eigenvalue weighted by Gasteiger charge is -2.18. The fourth-order valence-electron chi connectivity index (χ4n) is 1.49. The summed E-state index contributed by atoms with van der Waals surface area (Å²) in [6.45, 7) is 3.55. The molecule has 92 valence electrons. The molecule has 4 heteroatoms. The number of carbonyl (C=O) groups is 2. The van der Waals surface area contributed by atoms with E-state index < -0.39 is 23.3 Å². The predicted molar refractivity (Wildman–Crippen MR) is 63.2 cm³/mol. The smallest absolute Gasteiger partial charge is 0.346 e. The third-order valence-electron chi connectivity index (χ3n) is 2.64. The second-order valence-corrected chi connectivity index (χ2v) is 3.90. The maximum Gasteiger partial charge on any atom is 0.346 e. The number of aliphatic hydroxyl groups is 1. The highest BCUT2D eigenvalue weighted by Crippen LogP contribution is 2.27. The van der Waals surface area contributed by atoms with Gasteiger partial charge in [0.2, 0.25) is 5.60 Å². The predicted octanol–water partition coefficient (Wildman–Crippen LogP) is 1.17. The van der Waals surface area contributed by atoms with E-state index in [-0.39, 0.29) is 6.61 Å². The quantitative estimate of drug-likeness (QED) is 0.344. The summed E-state index contributed by atoms with van der Waals surface area (Å²) in [5.41, 5.74) is -2.02. The van der Waals surface area contributed by atoms with Crippen LogP contribution in [0.3, 0.4) is 0 Å². The van der Waals surface area contributed by atoms with E-state index in [1.54, 1.807) is 25.2 Å². The van der Waals surface area contributed by atoms with E-state index in [4.69, 9.17) is 0 Å². The Bertz CT molecular complexity index is 392. The molecule has 1 rings (SSSR count). The van der Waals surface area contributed by atoms with Crippen LogP contribution in [-0.4, -0.2) is 29.1 Å². The first-order chi connectivity index (χ1) is 8.03. The van der Waals surface area contributed by atoms with Crippen LogP contribution in [0.2, 0.25) is 0 Å². The molecule has 0 radical (unpaired) electrons. The number of rotatable bonds is 4. The molecular weight excluding hydrogens is 220 g/mol. The molecule has 0 aromatic heterocycles. The summed E-state index contributed by atoms with van der Waals surface area (Å²) in [4.78, 5) is 23.1. The van der Waals surface area contributed by atoms with Gasteiger partial charge in [-0.1, -0.05) is 37.3 Å². The summed E-state index contributed by atoms with van der Waals surface area (Å²) in [5, 5.41) is 9.99. The van der Waals surface area contributed by atoms with Crippen molar-refractivity contribution in [3.05, 3.63) is 36.5 Å². The molecule has 1 aliphatic heterocycles. The Labute approximate surface area is 100 Å². The Morgan fingerprint density at radius 1 is 1.41 bits per heavy atom. The van der Waals surface area contributed by atoms with Gasteiger partial charge < -0.3 is 9.84 Å². The van der Waals surface area contributed by atoms with Gasteiger partial charge in [0.1, 0.15) is 0 Å². The van der Waals surface area contributed by atoms with Crippen LogP contribution in [0.1, 0.15) is 13.8 Å². The zero-order chi connectivity index (χ0) is 12.9. The summed E-state index contributed by atoms with van der Waals surface area (Å²) in [6, 6.07) is 0. The molecule has 0 spiro atoms. The van der Waals surface area contributed by atoms with E-state index in [1.807, 2.05) is 13.0 Å². The van der Waals surface area contributed by atoms with E-state index in [1.165, 1.54) is 12.2 Å². The van der Waals surface area contributed by atoms with Crippen molar-refractivity contribution in [2.45, 2.75) is 19.4 Å². The van der Waals surface area contributed by atoms with Crippen molar-refractivity contribution in [2.24, 2.45) is 5.92 Å². The molecule has 4 nitrogen and oxygen atoms in total. The highest BCUT2D eigenvalue weighted by atomic mass is 16.6. The first kappa shape index (κ1) is 13.4. The first-order valence-electron chi connectivity index (χ1n) is 5.43. The molecule has 0 aliphatic carbocycles. The van der Waals surface area contributed by atoms with Gasteiger partial charge in [-0.3, -0.25) is 4.79 Å². The molecule has 1 aliphatic rings. The number of ketones is 1. The van der Waals surface area contributed by atoms with Crippen LogP contribution in [-0.2, 0) is 14.3 Å². The Morgan fingerprint density at radius 2 is 2.06 bits per heavy atom. The van der Waals surface area contributed by atoms with Gasteiger partial charge in [-0.2, -0.15) is 0 Å². The van der Waals surface area contributed by atoms with Crippen LogP contribution in [0, 0.1) is 5.92 Å². The van der Waals surface area contributed by atoms with Crippen LogP contribution in [0.25, 0.3) is 0 Å². The van der Waals surface area contributed by atoms with Crippen LogP contribution in [0.15, 0.2) is 36.5 Å². The van der Waals surface area contributed by atoms with Crippen molar-refractivity contribution in [1.29, 1.82) is 0 Å². The Balaban J connectivity index is 2.73. The monoisotopic (exact) mass is 236 g/mol. The van der Waals surface area contributed by atoms with Gasteiger partial charge >= 0.3 is 5.97 Å². The van der Waals surface area contributed by atoms with E-state index >= 15 is 0 Å². The largest absolute Gasteiger partial charge is 0.463 e. The minimum Gasteiger partial charge on any atom is -0.463 e. The molecule has 0 bridgehead atoms. The number of cyclic esters (lactones) is 1. The van der Waals surface area contributed by atoms with E-state index in [9.17, 15) is 14.7 Å². The third kappa shape index (κ3) is 2.71. The van der Waals surface area contributed by atoms with E-state index in [0.29, 0.717) is 0 Å². The standard InChI is InChI=1S/C13H16O4/c1-3-4-5-6-7-8-11(14)13(16)10(2)9-17-12(13)15/h3-8,10,16H,9H2,1-2H3. The second-order valence-electron chi connectivity index (χ2n) is 3.90. The van der Waals surface area contributed by atoms with Crippen molar-refractivity contribution >= 4 is 11.8 Å². The maximum absolute atomic E-state index is 11.7. The summed E-state index contributed by atoms with van der Waals surface area (Å²) in [5.74, 6) is -2.03. The van der Waals surface area contributed by atoms with Crippen molar-refractivity contribution in [3.8, 4) is 0 Å². The molecule has 1 N–H and O–H groups in total. The molecular formula is C13H16O4. The minimum atomic E-state index is -2.02. The van der Waals surface area contributed by atoms with E-state index in [0.717, 1.165) is 0 Å². The molecule has 0 aromatic carbocycles. The summed E-state index contributed by atoms with van der Waals surface area (Å²) in [7, 11) is 0. The fraction of sp³-hybridized carbons (Fsp3) is 0.385. The van der Waals surface area contributed by atoms with Crippen molar-refractivity contribution < 1.29 is 19.4 Å². The average Bonchev–Trinajstić information content (AvgIpc) is 2.57. The topological polar surface area (TPSA) is 63.6 Å². The van der Waals surface area contributed by atoms with Crippen LogP contribution >= 0.6 is 0 Å². The van der Waals surface area contributed by atoms with Crippen molar-refractivity contribution in [1.82, 2.24) is 0 Å². The van der Waals surface area contributed by atoms with Gasteiger partial charge in [-0.05, 0) is 13.0 Å². The van der Waals surface area contributed by atoms with Crippen molar-refractivity contribution in [2.75, 3.05) is 6.61 Å². The van der Waals surface area contributed by atoms with Gasteiger partial charge in [0.15, 0.2) is 5.78 Å². The minimum absolute atomic E-state index is 0.0727. The molecule has 2 unspecified atom stereocenters. The third-order valence-corrected chi connectivity index (χ3v) is 2.64. The highest BCUT2D eigenvalue weighted by molar-refractivity contribution is 6.13. The zero-order valence-corrected chi connectivity index (χ0v) is 9.92. The molecule has 0 amide bonds. The molecule has 1 heterocycles. The fourth-order valence-corrected chi connectivity index (χ4v) is 1.49. The number of allylic oxidation sites excluding steroid dienone is 5. The van der Waals surface area contributed by atoms with Crippen molar-refractivity contribution in [3.63, 3.8) is 0 Å². The normalized spacial score (nSPS) is 29.6. The lowest BCUT2D eigenvalue weighted by atomic mass is 9.87. The van der Waals surface area contributed by atoms with Gasteiger partial charge in [0.05, 0.1) is 6.61 Å². The van der Waals surface area contributed by atoms with Gasteiger partial charge in [0.25, 0.3) is 0 Å². The Morgan fingerprint density at radius 3 is 2.59 bits per heavy atom. The van der Waals surface area contributed by atoms with E-state index in [2.05, 4.69) is 4.74 Å². The van der Waals surface area contributed by atoms with Gasteiger partial charge in [-0.25, -0.2) is 4.79 Å². The Hall–Kier alpha value is -1.68. The van der Waals surface area contributed by atoms with Crippen LogP contribution < -0.4 is 0 Å². The number of carbonyl (C=O) groups excluding carboxylic acids is 2. The lowest BCUT2D eigenvalue weighted by molar-refractivity contribution is -0.159. The second kappa shape index (κ2) is 5.59. The SMILES string of the molecule is CC=CC=CC=CC(=O)C1(O)C(=O)OCC1C. The zero-order valence-electron chi connectivity index (χ0n) is 9.92. The highest BCUT2D eigenvalue weighted by Gasteiger charge is 2.53. The number of esters is 1. The molecule has 1 fully saturated rings. The number of ether oxygens (including phenoxy) is 1. The summed E-state index contributed by atoms with van der Waals surface area (Å²) < 4.78 is 4.67. The number of hydrogen-bond donors (Lipinski definition) is 1. The van der Waals surface area contributed by atoms with Gasteiger partial charge in [-0.15, -0.1) is 0 Å². The maximum atomic E-state index is 11.7. The summed E-state index contributed by atoms with van der Waals surface area (Å²) >= 11 is 0. The molecule has 0 aromatic rings. The Kier molecular flexibility index (Phi) is 4.40. The average molecular weight is 236 g/mol.